The number of aromatic nitrogens is 3. The number of hydrazone groups is 1. The lowest BCUT2D eigenvalue weighted by Crippen LogP contribution is -2.37. The van der Waals surface area contributed by atoms with Gasteiger partial charge in [-0.1, -0.05) is 18.2 Å². The van der Waals surface area contributed by atoms with Gasteiger partial charge in [0.2, 0.25) is 5.91 Å². The standard InChI is InChI=1S/C19H18N6O2/c1-24-17(26)9-8-15(23-24)19(27)21-11-13-5-4-10-20-18(13)25-12-22-14-6-2-3-7-16(14)25/h2-7,10,12H,8-9,11H2,1H3,(H,21,27). The second-order valence-corrected chi connectivity index (χ2v) is 6.24. The van der Waals surface area contributed by atoms with Crippen LogP contribution in [0.3, 0.4) is 0 Å². The van der Waals surface area contributed by atoms with Gasteiger partial charge in [-0.15, -0.1) is 0 Å². The van der Waals surface area contributed by atoms with Crippen molar-refractivity contribution in [1.82, 2.24) is 24.9 Å². The van der Waals surface area contributed by atoms with Crippen LogP contribution in [-0.2, 0) is 16.1 Å². The molecule has 2 aromatic heterocycles. The fourth-order valence-corrected chi connectivity index (χ4v) is 3.02. The summed E-state index contributed by atoms with van der Waals surface area (Å²) in [6.45, 7) is 0.297. The number of benzene rings is 1. The molecule has 0 aliphatic carbocycles. The molecule has 0 saturated heterocycles. The maximum Gasteiger partial charge on any atom is 0.267 e. The van der Waals surface area contributed by atoms with E-state index in [1.54, 1.807) is 19.6 Å². The van der Waals surface area contributed by atoms with Gasteiger partial charge in [-0.2, -0.15) is 5.10 Å². The Morgan fingerprint density at radius 3 is 2.85 bits per heavy atom. The van der Waals surface area contributed by atoms with Gasteiger partial charge in [-0.3, -0.25) is 14.2 Å². The van der Waals surface area contributed by atoms with E-state index in [0.717, 1.165) is 16.6 Å². The van der Waals surface area contributed by atoms with Crippen molar-refractivity contribution < 1.29 is 9.59 Å². The number of imidazole rings is 1. The molecule has 3 aromatic rings. The largest absolute Gasteiger partial charge is 0.347 e. The highest BCUT2D eigenvalue weighted by molar-refractivity contribution is 6.39. The summed E-state index contributed by atoms with van der Waals surface area (Å²) in [7, 11) is 1.55. The number of hydrogen-bond acceptors (Lipinski definition) is 5. The molecule has 0 spiro atoms. The van der Waals surface area contributed by atoms with Crippen LogP contribution in [0.25, 0.3) is 16.9 Å². The summed E-state index contributed by atoms with van der Waals surface area (Å²) in [5, 5.41) is 8.13. The van der Waals surface area contributed by atoms with Crippen LogP contribution in [0.2, 0.25) is 0 Å². The molecule has 4 rings (SSSR count). The van der Waals surface area contributed by atoms with Crippen LogP contribution >= 0.6 is 0 Å². The van der Waals surface area contributed by atoms with Crippen molar-refractivity contribution in [3.8, 4) is 5.82 Å². The first-order chi connectivity index (χ1) is 13.1. The molecule has 0 bridgehead atoms. The first-order valence-corrected chi connectivity index (χ1v) is 8.62. The van der Waals surface area contributed by atoms with Crippen LogP contribution in [0.15, 0.2) is 54.0 Å². The number of hydrogen-bond donors (Lipinski definition) is 1. The van der Waals surface area contributed by atoms with E-state index in [9.17, 15) is 9.59 Å². The molecule has 8 heteroatoms. The molecule has 136 valence electrons. The monoisotopic (exact) mass is 362 g/mol. The van der Waals surface area contributed by atoms with Gasteiger partial charge in [0.25, 0.3) is 5.91 Å². The number of fused-ring (bicyclic) bond motifs is 1. The van der Waals surface area contributed by atoms with E-state index >= 15 is 0 Å². The highest BCUT2D eigenvalue weighted by atomic mass is 16.2. The summed E-state index contributed by atoms with van der Waals surface area (Å²) >= 11 is 0. The molecule has 0 unspecified atom stereocenters. The average Bonchev–Trinajstić information content (AvgIpc) is 3.12. The van der Waals surface area contributed by atoms with E-state index in [1.807, 2.05) is 41.0 Å². The van der Waals surface area contributed by atoms with E-state index in [4.69, 9.17) is 0 Å². The number of carbonyl (C=O) groups is 2. The lowest BCUT2D eigenvalue weighted by atomic mass is 10.1. The molecular formula is C19H18N6O2. The molecule has 1 N–H and O–H groups in total. The summed E-state index contributed by atoms with van der Waals surface area (Å²) in [5.74, 6) is 0.345. The van der Waals surface area contributed by atoms with E-state index in [-0.39, 0.29) is 11.8 Å². The molecule has 0 atom stereocenters. The number of nitrogens with one attached hydrogen (secondary N) is 1. The number of amides is 2. The van der Waals surface area contributed by atoms with E-state index < -0.39 is 0 Å². The highest BCUT2D eigenvalue weighted by Crippen LogP contribution is 2.19. The van der Waals surface area contributed by atoms with Gasteiger partial charge in [0, 0.05) is 38.2 Å². The number of pyridine rings is 1. The highest BCUT2D eigenvalue weighted by Gasteiger charge is 2.22. The third kappa shape index (κ3) is 3.29. The molecule has 27 heavy (non-hydrogen) atoms. The molecular weight excluding hydrogens is 344 g/mol. The topological polar surface area (TPSA) is 92.5 Å². The van der Waals surface area contributed by atoms with E-state index in [1.165, 1.54) is 5.01 Å². The molecule has 0 saturated carbocycles. The number of nitrogens with zero attached hydrogens (tertiary/aromatic N) is 5. The summed E-state index contributed by atoms with van der Waals surface area (Å²) < 4.78 is 1.90. The fraction of sp³-hybridized carbons (Fsp3) is 0.211. The molecule has 2 amide bonds. The third-order valence-electron chi connectivity index (χ3n) is 4.46. The Morgan fingerprint density at radius 2 is 2.00 bits per heavy atom. The maximum absolute atomic E-state index is 12.4. The molecule has 1 aliphatic heterocycles. The number of rotatable bonds is 4. The van der Waals surface area contributed by atoms with Crippen molar-refractivity contribution in [3.63, 3.8) is 0 Å². The second-order valence-electron chi connectivity index (χ2n) is 6.24. The van der Waals surface area contributed by atoms with Gasteiger partial charge >= 0.3 is 0 Å². The van der Waals surface area contributed by atoms with Gasteiger partial charge in [0.15, 0.2) is 0 Å². The SMILES string of the molecule is CN1N=C(C(=O)NCc2cccnc2-n2cnc3ccccc32)CCC1=O. The summed E-state index contributed by atoms with van der Waals surface area (Å²) in [6, 6.07) is 11.5. The molecule has 1 aliphatic rings. The van der Waals surface area contributed by atoms with Crippen molar-refractivity contribution in [2.75, 3.05) is 7.05 Å². The zero-order valence-corrected chi connectivity index (χ0v) is 14.8. The summed E-state index contributed by atoms with van der Waals surface area (Å²) in [6.07, 6.45) is 4.08. The van der Waals surface area contributed by atoms with Crippen LogP contribution in [0, 0.1) is 0 Å². The first kappa shape index (κ1) is 16.9. The lowest BCUT2D eigenvalue weighted by molar-refractivity contribution is -0.130. The minimum Gasteiger partial charge on any atom is -0.347 e. The number of carbonyl (C=O) groups excluding carboxylic acids is 2. The van der Waals surface area contributed by atoms with Gasteiger partial charge < -0.3 is 5.32 Å². The number of para-hydroxylation sites is 2. The van der Waals surface area contributed by atoms with Gasteiger partial charge in [-0.25, -0.2) is 15.0 Å². The Balaban J connectivity index is 1.57. The van der Waals surface area contributed by atoms with Crippen LogP contribution in [0.5, 0.6) is 0 Å². The van der Waals surface area contributed by atoms with Crippen molar-refractivity contribution in [3.05, 3.63) is 54.5 Å². The van der Waals surface area contributed by atoms with Gasteiger partial charge in [-0.05, 0) is 18.2 Å². The zero-order chi connectivity index (χ0) is 18.8. The van der Waals surface area contributed by atoms with Crippen LogP contribution in [0.1, 0.15) is 18.4 Å². The minimum absolute atomic E-state index is 0.0897. The summed E-state index contributed by atoms with van der Waals surface area (Å²) in [4.78, 5) is 32.8. The first-order valence-electron chi connectivity index (χ1n) is 8.62. The molecule has 0 radical (unpaired) electrons. The quantitative estimate of drug-likeness (QED) is 0.764. The molecule has 0 fully saturated rings. The Labute approximate surface area is 155 Å². The van der Waals surface area contributed by atoms with E-state index in [0.29, 0.717) is 30.9 Å². The van der Waals surface area contributed by atoms with Gasteiger partial charge in [0.1, 0.15) is 17.9 Å². The fourth-order valence-electron chi connectivity index (χ4n) is 3.02. The Morgan fingerprint density at radius 1 is 1.15 bits per heavy atom. The van der Waals surface area contributed by atoms with Crippen molar-refractivity contribution in [2.24, 2.45) is 5.10 Å². The predicted octanol–water partition coefficient (Wildman–Crippen LogP) is 1.64. The van der Waals surface area contributed by atoms with E-state index in [2.05, 4.69) is 20.4 Å². The average molecular weight is 362 g/mol. The Hall–Kier alpha value is -3.55. The molecule has 8 nitrogen and oxygen atoms in total. The van der Waals surface area contributed by atoms with Crippen molar-refractivity contribution in [1.29, 1.82) is 0 Å². The Kier molecular flexibility index (Phi) is 4.37. The Bertz CT molecular complexity index is 1060. The lowest BCUT2D eigenvalue weighted by Gasteiger charge is -2.19. The smallest absolute Gasteiger partial charge is 0.267 e. The van der Waals surface area contributed by atoms with Crippen LogP contribution in [0.4, 0.5) is 0 Å². The zero-order valence-electron chi connectivity index (χ0n) is 14.8. The van der Waals surface area contributed by atoms with Crippen LogP contribution in [-0.4, -0.2) is 44.1 Å². The van der Waals surface area contributed by atoms with Crippen LogP contribution < -0.4 is 5.32 Å². The second kappa shape index (κ2) is 6.99. The third-order valence-corrected chi connectivity index (χ3v) is 4.46. The molecule has 3 heterocycles. The normalized spacial score (nSPS) is 14.3. The predicted molar refractivity (Wildman–Crippen MR) is 100 cm³/mol. The maximum atomic E-state index is 12.4. The summed E-state index contributed by atoms with van der Waals surface area (Å²) in [5.41, 5.74) is 3.04. The molecule has 1 aromatic carbocycles. The minimum atomic E-state index is -0.278. The van der Waals surface area contributed by atoms with Crippen molar-refractivity contribution >= 4 is 28.6 Å². The van der Waals surface area contributed by atoms with Gasteiger partial charge in [0.05, 0.1) is 11.0 Å². The van der Waals surface area contributed by atoms with Crippen molar-refractivity contribution in [2.45, 2.75) is 19.4 Å².